The van der Waals surface area contributed by atoms with Crippen LogP contribution < -0.4 is 10.2 Å². The third kappa shape index (κ3) is 2.31. The zero-order valence-corrected chi connectivity index (χ0v) is 18.9. The Bertz CT molecular complexity index is 1220. The van der Waals surface area contributed by atoms with Gasteiger partial charge in [0.25, 0.3) is 0 Å². The molecule has 7 heteroatoms. The molecule has 1 aromatic heterocycles. The molecule has 4 atom stereocenters. The van der Waals surface area contributed by atoms with E-state index in [4.69, 9.17) is 4.98 Å². The largest absolute Gasteiger partial charge is 0.348 e. The third-order valence-corrected chi connectivity index (χ3v) is 8.28. The van der Waals surface area contributed by atoms with E-state index in [0.717, 1.165) is 46.4 Å². The highest BCUT2D eigenvalue weighted by atomic mass is 16.2. The number of pyridine rings is 1. The van der Waals surface area contributed by atoms with Crippen LogP contribution >= 0.6 is 0 Å². The van der Waals surface area contributed by atoms with Gasteiger partial charge in [-0.15, -0.1) is 0 Å². The van der Waals surface area contributed by atoms with E-state index in [-0.39, 0.29) is 29.3 Å². The van der Waals surface area contributed by atoms with Crippen LogP contribution in [0.5, 0.6) is 0 Å². The first kappa shape index (κ1) is 19.7. The molecule has 4 amide bonds. The Morgan fingerprint density at radius 1 is 1.09 bits per heavy atom. The molecule has 0 unspecified atom stereocenters. The van der Waals surface area contributed by atoms with Crippen LogP contribution in [-0.4, -0.2) is 46.9 Å². The molecule has 1 aliphatic carbocycles. The zero-order chi connectivity index (χ0) is 22.6. The van der Waals surface area contributed by atoms with Gasteiger partial charge < -0.3 is 4.90 Å². The highest BCUT2D eigenvalue weighted by Crippen LogP contribution is 2.63. The number of urea groups is 1. The Hall–Kier alpha value is -2.96. The number of benzene rings is 1. The van der Waals surface area contributed by atoms with Crippen molar-refractivity contribution in [3.63, 3.8) is 0 Å². The Kier molecular flexibility index (Phi) is 3.62. The second-order valence-electron chi connectivity index (χ2n) is 11.3. The van der Waals surface area contributed by atoms with Crippen LogP contribution in [0.25, 0.3) is 10.9 Å². The van der Waals surface area contributed by atoms with Crippen molar-refractivity contribution < 1.29 is 14.4 Å². The summed E-state index contributed by atoms with van der Waals surface area (Å²) in [7, 11) is 1.47. The topological polar surface area (TPSA) is 82.6 Å². The number of rotatable bonds is 0. The second kappa shape index (κ2) is 5.88. The summed E-state index contributed by atoms with van der Waals surface area (Å²) in [4.78, 5) is 48.2. The van der Waals surface area contributed by atoms with E-state index >= 15 is 0 Å². The smallest absolute Gasteiger partial charge is 0.330 e. The van der Waals surface area contributed by atoms with E-state index in [1.54, 1.807) is 0 Å². The first-order valence-electron chi connectivity index (χ1n) is 11.4. The minimum Gasteiger partial charge on any atom is -0.348 e. The average molecular weight is 433 g/mol. The Morgan fingerprint density at radius 2 is 1.84 bits per heavy atom. The van der Waals surface area contributed by atoms with Crippen LogP contribution in [0.1, 0.15) is 45.6 Å². The van der Waals surface area contributed by atoms with Gasteiger partial charge in [-0.2, -0.15) is 0 Å². The van der Waals surface area contributed by atoms with Crippen LogP contribution in [0.4, 0.5) is 10.6 Å². The average Bonchev–Trinajstić information content (AvgIpc) is 2.95. The summed E-state index contributed by atoms with van der Waals surface area (Å²) in [5.41, 5.74) is 0.317. The molecule has 2 saturated heterocycles. The highest BCUT2D eigenvalue weighted by Gasteiger charge is 2.71. The number of amides is 4. The summed E-state index contributed by atoms with van der Waals surface area (Å²) in [5.74, 6) is 0.0310. The van der Waals surface area contributed by atoms with Gasteiger partial charge in [0, 0.05) is 24.9 Å². The number of para-hydroxylation sites is 1. The lowest BCUT2D eigenvalue weighted by Gasteiger charge is -2.53. The number of anilines is 1. The van der Waals surface area contributed by atoms with Gasteiger partial charge >= 0.3 is 6.03 Å². The van der Waals surface area contributed by atoms with Gasteiger partial charge in [-0.05, 0) is 47.8 Å². The normalized spacial score (nSPS) is 35.2. The molecule has 1 aromatic carbocycles. The number of carbonyl (C=O) groups excluding carboxylic acids is 3. The molecule has 7 nitrogen and oxygen atoms in total. The predicted molar refractivity (Wildman–Crippen MR) is 120 cm³/mol. The monoisotopic (exact) mass is 432 g/mol. The molecule has 6 rings (SSSR count). The molecule has 4 aliphatic rings. The van der Waals surface area contributed by atoms with Crippen molar-refractivity contribution in [3.8, 4) is 0 Å². The molecule has 1 N–H and O–H groups in total. The summed E-state index contributed by atoms with van der Waals surface area (Å²) in [6.45, 7) is 6.77. The first-order chi connectivity index (χ1) is 15.1. The van der Waals surface area contributed by atoms with Crippen LogP contribution in [0.15, 0.2) is 30.3 Å². The number of imide groups is 2. The van der Waals surface area contributed by atoms with Crippen LogP contribution in [0.2, 0.25) is 0 Å². The number of hydrogen-bond acceptors (Lipinski definition) is 5. The summed E-state index contributed by atoms with van der Waals surface area (Å²) >= 11 is 0. The molecular formula is C25H28N4O3. The molecule has 3 aliphatic heterocycles. The minimum atomic E-state index is -1.34. The van der Waals surface area contributed by atoms with E-state index in [0.29, 0.717) is 0 Å². The Balaban J connectivity index is 1.65. The number of carbonyl (C=O) groups is 3. The van der Waals surface area contributed by atoms with E-state index in [1.807, 2.05) is 24.3 Å². The van der Waals surface area contributed by atoms with Crippen molar-refractivity contribution >= 4 is 34.6 Å². The molecule has 1 spiro atoms. The molecule has 4 heterocycles. The van der Waals surface area contributed by atoms with Crippen molar-refractivity contribution in [2.24, 2.45) is 16.2 Å². The second-order valence-corrected chi connectivity index (χ2v) is 11.3. The number of barbiturate groups is 1. The number of nitrogens with one attached hydrogen (secondary N) is 1. The maximum Gasteiger partial charge on any atom is 0.330 e. The molecule has 3 fully saturated rings. The molecular weight excluding hydrogens is 404 g/mol. The van der Waals surface area contributed by atoms with Crippen LogP contribution in [0, 0.1) is 16.2 Å². The maximum absolute atomic E-state index is 13.8. The van der Waals surface area contributed by atoms with E-state index in [2.05, 4.69) is 37.1 Å². The van der Waals surface area contributed by atoms with Crippen molar-refractivity contribution in [1.82, 2.24) is 15.2 Å². The molecule has 32 heavy (non-hydrogen) atoms. The van der Waals surface area contributed by atoms with Crippen LogP contribution in [0.3, 0.4) is 0 Å². The van der Waals surface area contributed by atoms with Gasteiger partial charge in [0.2, 0.25) is 11.8 Å². The SMILES string of the molecule is CN1C(=O)NC(=O)[C@]2(Cc3cc4ccccc4nc3N3[C@H]4CC(C)(C)C[C@](C)(C4)[C@@H]32)C1=O. The van der Waals surface area contributed by atoms with E-state index < -0.39 is 23.3 Å². The molecule has 2 aromatic rings. The molecule has 1 saturated carbocycles. The maximum atomic E-state index is 13.8. The Labute approximate surface area is 187 Å². The fraction of sp³-hybridized carbons (Fsp3) is 0.520. The molecule has 166 valence electrons. The minimum absolute atomic E-state index is 0.0864. The standard InChI is InChI=1S/C25H28N4O3/c1-23(2)11-16-12-24(3,13-23)19-25(20(30)27-22(32)28(4)21(25)31)10-15-9-14-7-5-6-8-17(14)26-18(15)29(16)19/h5-9,16,19H,10-13H2,1-4H3,(H,27,30,32)/t16-,19+,24-,25+/m0/s1. The summed E-state index contributed by atoms with van der Waals surface area (Å²) in [5, 5.41) is 3.49. The van der Waals surface area contributed by atoms with Gasteiger partial charge in [-0.1, -0.05) is 39.0 Å². The third-order valence-electron chi connectivity index (χ3n) is 8.28. The van der Waals surface area contributed by atoms with Crippen LogP contribution in [-0.2, 0) is 16.0 Å². The number of fused-ring (bicyclic) bond motifs is 9. The zero-order valence-electron chi connectivity index (χ0n) is 18.9. The van der Waals surface area contributed by atoms with Gasteiger partial charge in [-0.25, -0.2) is 9.78 Å². The predicted octanol–water partition coefficient (Wildman–Crippen LogP) is 3.26. The summed E-state index contributed by atoms with van der Waals surface area (Å²) in [6, 6.07) is 9.24. The summed E-state index contributed by atoms with van der Waals surface area (Å²) < 4.78 is 0. The molecule has 2 bridgehead atoms. The fourth-order valence-corrected chi connectivity index (χ4v) is 7.64. The highest BCUT2D eigenvalue weighted by molar-refractivity contribution is 6.20. The van der Waals surface area contributed by atoms with Crippen molar-refractivity contribution in [1.29, 1.82) is 0 Å². The van der Waals surface area contributed by atoms with E-state index in [1.165, 1.54) is 7.05 Å². The lowest BCUT2D eigenvalue weighted by molar-refractivity contribution is -0.155. The first-order valence-corrected chi connectivity index (χ1v) is 11.4. The van der Waals surface area contributed by atoms with Gasteiger partial charge in [-0.3, -0.25) is 19.8 Å². The van der Waals surface area contributed by atoms with Crippen molar-refractivity contribution in [2.75, 3.05) is 11.9 Å². The number of nitrogens with zero attached hydrogens (tertiary/aromatic N) is 3. The van der Waals surface area contributed by atoms with Gasteiger partial charge in [0.15, 0.2) is 5.41 Å². The number of hydrogen-bond donors (Lipinski definition) is 1. The quantitative estimate of drug-likeness (QED) is 0.646. The number of aromatic nitrogens is 1. The van der Waals surface area contributed by atoms with Crippen molar-refractivity contribution in [3.05, 3.63) is 35.9 Å². The molecule has 0 radical (unpaired) electrons. The Morgan fingerprint density at radius 3 is 2.62 bits per heavy atom. The van der Waals surface area contributed by atoms with Gasteiger partial charge in [0.1, 0.15) is 5.82 Å². The lowest BCUT2D eigenvalue weighted by atomic mass is 9.56. The fourth-order valence-electron chi connectivity index (χ4n) is 7.64. The van der Waals surface area contributed by atoms with E-state index in [9.17, 15) is 14.4 Å². The van der Waals surface area contributed by atoms with Crippen molar-refractivity contribution in [2.45, 2.75) is 58.5 Å². The lowest BCUT2D eigenvalue weighted by Crippen LogP contribution is -2.72. The van der Waals surface area contributed by atoms with Gasteiger partial charge in [0.05, 0.1) is 11.6 Å². The summed E-state index contributed by atoms with van der Waals surface area (Å²) in [6.07, 6.45) is 3.07.